The molecule has 0 spiro atoms. The summed E-state index contributed by atoms with van der Waals surface area (Å²) in [5.74, 6) is -1.72. The number of pyridine rings is 1. The van der Waals surface area contributed by atoms with Gasteiger partial charge in [-0.3, -0.25) is 9.59 Å². The van der Waals surface area contributed by atoms with Crippen LogP contribution in [0.2, 0.25) is 0 Å². The molecule has 0 radical (unpaired) electrons. The van der Waals surface area contributed by atoms with Gasteiger partial charge in [0.1, 0.15) is 12.3 Å². The zero-order chi connectivity index (χ0) is 23.3. The first-order valence-corrected chi connectivity index (χ1v) is 10.9. The van der Waals surface area contributed by atoms with Gasteiger partial charge in [-0.05, 0) is 47.9 Å². The zero-order valence-electron chi connectivity index (χ0n) is 17.1. The van der Waals surface area contributed by atoms with Crippen LogP contribution >= 0.6 is 0 Å². The summed E-state index contributed by atoms with van der Waals surface area (Å²) in [4.78, 5) is 27.3. The molecule has 32 heavy (non-hydrogen) atoms. The maximum absolute atomic E-state index is 12.8. The minimum absolute atomic E-state index is 0.106. The molecule has 1 aliphatic heterocycles. The molecule has 0 fully saturated rings. The predicted octanol–water partition coefficient (Wildman–Crippen LogP) is 1.04. The quantitative estimate of drug-likeness (QED) is 0.612. The van der Waals surface area contributed by atoms with Crippen molar-refractivity contribution < 1.29 is 27.9 Å². The van der Waals surface area contributed by atoms with Crippen molar-refractivity contribution in [1.29, 1.82) is 5.26 Å². The molecule has 0 bridgehead atoms. The Hall–Kier alpha value is -3.75. The molecule has 2 N–H and O–H groups in total. The third-order valence-electron chi connectivity index (χ3n) is 4.87. The molecule has 2 heterocycles. The van der Waals surface area contributed by atoms with Crippen LogP contribution in [-0.4, -0.2) is 61.4 Å². The van der Waals surface area contributed by atoms with Gasteiger partial charge >= 0.3 is 5.97 Å². The van der Waals surface area contributed by atoms with E-state index >= 15 is 0 Å². The van der Waals surface area contributed by atoms with Gasteiger partial charge < -0.3 is 15.2 Å². The Kier molecular flexibility index (Phi) is 6.87. The van der Waals surface area contributed by atoms with Crippen LogP contribution in [-0.2, 0) is 19.6 Å². The summed E-state index contributed by atoms with van der Waals surface area (Å²) in [7, 11) is -2.52. The van der Waals surface area contributed by atoms with Gasteiger partial charge in [0.2, 0.25) is 10.0 Å². The van der Waals surface area contributed by atoms with Crippen molar-refractivity contribution in [2.45, 2.75) is 11.3 Å². The number of esters is 1. The first kappa shape index (κ1) is 22.9. The predicted molar refractivity (Wildman–Crippen MR) is 113 cm³/mol. The molecule has 0 atom stereocenters. The van der Waals surface area contributed by atoms with Gasteiger partial charge in [0, 0.05) is 19.3 Å². The molecule has 1 aromatic heterocycles. The zero-order valence-corrected chi connectivity index (χ0v) is 17.9. The fraction of sp³-hybridized carbons (Fsp3) is 0.238. The van der Waals surface area contributed by atoms with E-state index in [1.54, 1.807) is 6.08 Å². The second kappa shape index (κ2) is 9.59. The number of aromatic nitrogens is 1. The summed E-state index contributed by atoms with van der Waals surface area (Å²) in [6.07, 6.45) is 3.51. The van der Waals surface area contributed by atoms with Crippen LogP contribution in [0, 0.1) is 11.3 Å². The fourth-order valence-electron chi connectivity index (χ4n) is 3.09. The highest BCUT2D eigenvalue weighted by molar-refractivity contribution is 7.89. The Morgan fingerprint density at radius 2 is 2.03 bits per heavy atom. The lowest BCUT2D eigenvalue weighted by Gasteiger charge is -2.26. The Morgan fingerprint density at radius 1 is 1.31 bits per heavy atom. The number of carbonyl (C=O) groups excluding carboxylic acids is 2. The van der Waals surface area contributed by atoms with Gasteiger partial charge in [-0.1, -0.05) is 6.08 Å². The molecule has 0 saturated heterocycles. The van der Waals surface area contributed by atoms with Crippen LogP contribution in [0.15, 0.2) is 47.5 Å². The molecule has 1 aromatic carbocycles. The maximum Gasteiger partial charge on any atom is 0.325 e. The van der Waals surface area contributed by atoms with Crippen LogP contribution in [0.4, 0.5) is 0 Å². The van der Waals surface area contributed by atoms with E-state index in [1.807, 2.05) is 6.07 Å². The number of methoxy groups -OCH3 is 1. The van der Waals surface area contributed by atoms with Crippen molar-refractivity contribution in [3.8, 4) is 11.8 Å². The van der Waals surface area contributed by atoms with Crippen molar-refractivity contribution in [3.05, 3.63) is 59.4 Å². The molecule has 1 amide bonds. The molecule has 0 saturated carbocycles. The second-order valence-corrected chi connectivity index (χ2v) is 8.77. The number of benzene rings is 1. The standard InChI is InChI=1S/C21H20N4O6S/c1-31-19(27)13-24-21(28)20-18(26)10-16(12-23-20)15-6-8-25(9-7-15)32(29,30)17-4-2-14(11-22)3-5-17/h2-6,10,12,26H,7-9,13H2,1H3,(H,24,28). The number of sulfonamides is 1. The largest absolute Gasteiger partial charge is 0.505 e. The molecule has 11 heteroatoms. The van der Waals surface area contributed by atoms with E-state index < -0.39 is 21.9 Å². The van der Waals surface area contributed by atoms with E-state index in [-0.39, 0.29) is 36.0 Å². The van der Waals surface area contributed by atoms with Crippen molar-refractivity contribution in [2.24, 2.45) is 0 Å². The number of hydrogen-bond acceptors (Lipinski definition) is 8. The number of rotatable bonds is 6. The first-order chi connectivity index (χ1) is 15.3. The van der Waals surface area contributed by atoms with Crippen molar-refractivity contribution >= 4 is 27.5 Å². The summed E-state index contributed by atoms with van der Waals surface area (Å²) in [5.41, 5.74) is 1.47. The topological polar surface area (TPSA) is 150 Å². The van der Waals surface area contributed by atoms with Gasteiger partial charge in [-0.2, -0.15) is 9.57 Å². The van der Waals surface area contributed by atoms with Crippen LogP contribution in [0.5, 0.6) is 5.75 Å². The third kappa shape index (κ3) is 4.93. The Morgan fingerprint density at radius 3 is 2.59 bits per heavy atom. The Bertz CT molecular complexity index is 1220. The van der Waals surface area contributed by atoms with Crippen molar-refractivity contribution in [2.75, 3.05) is 26.7 Å². The van der Waals surface area contributed by atoms with E-state index in [0.717, 1.165) is 5.57 Å². The van der Waals surface area contributed by atoms with Crippen LogP contribution in [0.3, 0.4) is 0 Å². The highest BCUT2D eigenvalue weighted by Crippen LogP contribution is 2.28. The third-order valence-corrected chi connectivity index (χ3v) is 6.75. The maximum atomic E-state index is 12.8. The monoisotopic (exact) mass is 456 g/mol. The van der Waals surface area contributed by atoms with E-state index in [1.165, 1.54) is 47.9 Å². The molecule has 2 aromatic rings. The second-order valence-electron chi connectivity index (χ2n) is 6.83. The number of nitrogens with zero attached hydrogens (tertiary/aromatic N) is 3. The van der Waals surface area contributed by atoms with Gasteiger partial charge in [0.15, 0.2) is 5.69 Å². The Labute approximate surface area is 184 Å². The molecule has 3 rings (SSSR count). The van der Waals surface area contributed by atoms with E-state index in [4.69, 9.17) is 5.26 Å². The van der Waals surface area contributed by atoms with E-state index in [9.17, 15) is 23.1 Å². The number of nitriles is 1. The average Bonchev–Trinajstić information content (AvgIpc) is 2.82. The number of ether oxygens (including phenoxy) is 1. The minimum Gasteiger partial charge on any atom is -0.505 e. The molecule has 1 aliphatic rings. The average molecular weight is 456 g/mol. The summed E-state index contributed by atoms with van der Waals surface area (Å²) in [6, 6.07) is 9.03. The highest BCUT2D eigenvalue weighted by Gasteiger charge is 2.27. The van der Waals surface area contributed by atoms with Crippen molar-refractivity contribution in [3.63, 3.8) is 0 Å². The van der Waals surface area contributed by atoms with Gasteiger partial charge in [0.05, 0.1) is 23.6 Å². The molecule has 166 valence electrons. The summed E-state index contributed by atoms with van der Waals surface area (Å²) < 4.78 is 31.4. The van der Waals surface area contributed by atoms with Crippen LogP contribution in [0.1, 0.15) is 28.0 Å². The molecular weight excluding hydrogens is 436 g/mol. The lowest BCUT2D eigenvalue weighted by atomic mass is 10.0. The van der Waals surface area contributed by atoms with Crippen LogP contribution < -0.4 is 5.32 Å². The van der Waals surface area contributed by atoms with Gasteiger partial charge in [0.25, 0.3) is 5.91 Å². The van der Waals surface area contributed by atoms with E-state index in [2.05, 4.69) is 15.0 Å². The molecular formula is C21H20N4O6S. The number of amides is 1. The smallest absolute Gasteiger partial charge is 0.325 e. The number of aromatic hydroxyl groups is 1. The lowest BCUT2D eigenvalue weighted by Crippen LogP contribution is -2.34. The first-order valence-electron chi connectivity index (χ1n) is 9.50. The van der Waals surface area contributed by atoms with Gasteiger partial charge in [-0.15, -0.1) is 0 Å². The number of carbonyl (C=O) groups is 2. The van der Waals surface area contributed by atoms with Gasteiger partial charge in [-0.25, -0.2) is 13.4 Å². The molecule has 10 nitrogen and oxygen atoms in total. The summed E-state index contributed by atoms with van der Waals surface area (Å²) >= 11 is 0. The highest BCUT2D eigenvalue weighted by atomic mass is 32.2. The fourth-order valence-corrected chi connectivity index (χ4v) is 4.47. The molecule has 0 unspecified atom stereocenters. The number of hydrogen-bond donors (Lipinski definition) is 2. The van der Waals surface area contributed by atoms with E-state index in [0.29, 0.717) is 17.5 Å². The minimum atomic E-state index is -3.71. The lowest BCUT2D eigenvalue weighted by molar-refractivity contribution is -0.139. The van der Waals surface area contributed by atoms with Crippen molar-refractivity contribution in [1.82, 2.24) is 14.6 Å². The normalized spacial score (nSPS) is 14.2. The molecule has 0 aliphatic carbocycles. The summed E-state index contributed by atoms with van der Waals surface area (Å²) in [5, 5.41) is 21.3. The Balaban J connectivity index is 1.71. The summed E-state index contributed by atoms with van der Waals surface area (Å²) in [6.45, 7) is -0.0109. The number of nitrogens with one attached hydrogen (secondary N) is 1. The van der Waals surface area contributed by atoms with Crippen LogP contribution in [0.25, 0.3) is 5.57 Å². The SMILES string of the molecule is COC(=O)CNC(=O)c1ncc(C2=CCN(S(=O)(=O)c3ccc(C#N)cc3)CC2)cc1O.